The predicted octanol–water partition coefficient (Wildman–Crippen LogP) is 3.51. The maximum atomic E-state index is 12.1. The molecular formula is C17H22N2O3S. The molecule has 0 fully saturated rings. The van der Waals surface area contributed by atoms with Gasteiger partial charge < -0.3 is 14.8 Å². The van der Waals surface area contributed by atoms with E-state index in [2.05, 4.69) is 24.1 Å². The fourth-order valence-corrected chi connectivity index (χ4v) is 2.51. The average Bonchev–Trinajstić information content (AvgIpc) is 3.05. The number of nitrogens with zero attached hydrogens (tertiary/aromatic N) is 1. The van der Waals surface area contributed by atoms with Gasteiger partial charge in [0.2, 0.25) is 0 Å². The first-order chi connectivity index (χ1) is 11.1. The molecule has 0 aliphatic heterocycles. The summed E-state index contributed by atoms with van der Waals surface area (Å²) in [5.41, 5.74) is 3.19. The molecule has 124 valence electrons. The van der Waals surface area contributed by atoms with Gasteiger partial charge in [0.05, 0.1) is 18.3 Å². The largest absolute Gasteiger partial charge is 0.493 e. The highest BCUT2D eigenvalue weighted by molar-refractivity contribution is 7.07. The first-order valence-electron chi connectivity index (χ1n) is 7.56. The molecule has 1 amide bonds. The number of methoxy groups -OCH3 is 1. The Morgan fingerprint density at radius 1 is 1.35 bits per heavy atom. The van der Waals surface area contributed by atoms with Gasteiger partial charge in [-0.1, -0.05) is 13.8 Å². The summed E-state index contributed by atoms with van der Waals surface area (Å²) in [6, 6.07) is 5.19. The van der Waals surface area contributed by atoms with Gasteiger partial charge in [0.25, 0.3) is 5.91 Å². The van der Waals surface area contributed by atoms with Crippen LogP contribution in [0.2, 0.25) is 0 Å². The van der Waals surface area contributed by atoms with E-state index in [1.165, 1.54) is 11.3 Å². The van der Waals surface area contributed by atoms with Crippen LogP contribution in [0.15, 0.2) is 29.1 Å². The van der Waals surface area contributed by atoms with E-state index in [0.717, 1.165) is 12.1 Å². The molecular weight excluding hydrogens is 312 g/mol. The molecule has 0 aliphatic rings. The minimum absolute atomic E-state index is 0.102. The third kappa shape index (κ3) is 5.25. The van der Waals surface area contributed by atoms with Crippen LogP contribution < -0.4 is 14.8 Å². The molecule has 6 heteroatoms. The Hall–Kier alpha value is -2.08. The molecule has 0 saturated carbocycles. The highest BCUT2D eigenvalue weighted by Crippen LogP contribution is 2.28. The number of benzene rings is 1. The van der Waals surface area contributed by atoms with Crippen molar-refractivity contribution >= 4 is 17.2 Å². The number of nitrogens with one attached hydrogen (secondary N) is 1. The highest BCUT2D eigenvalue weighted by atomic mass is 32.1. The molecule has 5 nitrogen and oxygen atoms in total. The first kappa shape index (κ1) is 17.3. The Bertz CT molecular complexity index is 627. The number of hydrogen-bond acceptors (Lipinski definition) is 5. The lowest BCUT2D eigenvalue weighted by molar-refractivity contribution is 0.0951. The minimum Gasteiger partial charge on any atom is -0.493 e. The van der Waals surface area contributed by atoms with E-state index in [4.69, 9.17) is 9.47 Å². The number of carbonyl (C=O) groups is 1. The second-order valence-electron chi connectivity index (χ2n) is 5.57. The van der Waals surface area contributed by atoms with Crippen LogP contribution in [0.25, 0.3) is 0 Å². The van der Waals surface area contributed by atoms with Gasteiger partial charge in [-0.15, -0.1) is 11.3 Å². The maximum Gasteiger partial charge on any atom is 0.251 e. The van der Waals surface area contributed by atoms with Crippen LogP contribution >= 0.6 is 11.3 Å². The lowest BCUT2D eigenvalue weighted by Crippen LogP contribution is -2.25. The van der Waals surface area contributed by atoms with Crippen LogP contribution in [0, 0.1) is 5.92 Å². The van der Waals surface area contributed by atoms with Gasteiger partial charge >= 0.3 is 0 Å². The quantitative estimate of drug-likeness (QED) is 0.802. The maximum absolute atomic E-state index is 12.1. The molecule has 1 heterocycles. The fraction of sp³-hybridized carbons (Fsp3) is 0.412. The van der Waals surface area contributed by atoms with Crippen molar-refractivity contribution in [1.29, 1.82) is 0 Å². The second-order valence-corrected chi connectivity index (χ2v) is 6.29. The molecule has 0 aliphatic carbocycles. The molecule has 0 bridgehead atoms. The molecule has 1 aromatic heterocycles. The van der Waals surface area contributed by atoms with Crippen molar-refractivity contribution in [1.82, 2.24) is 10.3 Å². The Labute approximate surface area is 140 Å². The molecule has 1 N–H and O–H groups in total. The zero-order valence-corrected chi connectivity index (χ0v) is 14.5. The normalized spacial score (nSPS) is 10.6. The molecule has 23 heavy (non-hydrogen) atoms. The van der Waals surface area contributed by atoms with Crippen LogP contribution in [-0.4, -0.2) is 24.5 Å². The topological polar surface area (TPSA) is 60.5 Å². The van der Waals surface area contributed by atoms with Gasteiger partial charge in [0.15, 0.2) is 11.5 Å². The number of amides is 1. The van der Waals surface area contributed by atoms with E-state index in [1.54, 1.807) is 30.8 Å². The van der Waals surface area contributed by atoms with Gasteiger partial charge in [0, 0.05) is 17.5 Å². The lowest BCUT2D eigenvalue weighted by Gasteiger charge is -2.12. The standard InChI is InChI=1S/C17H22N2O3S/c1-12(2)6-7-18-17(20)13-4-5-15(16(8-13)21-3)22-9-14-10-23-11-19-14/h4-5,8,10-12H,6-7,9H2,1-3H3,(H,18,20). The number of hydrogen-bond donors (Lipinski definition) is 1. The Kier molecular flexibility index (Phi) is 6.40. The molecule has 2 aromatic rings. The molecule has 0 unspecified atom stereocenters. The van der Waals surface area contributed by atoms with E-state index in [9.17, 15) is 4.79 Å². The minimum atomic E-state index is -0.102. The summed E-state index contributed by atoms with van der Waals surface area (Å²) in [6.07, 6.45) is 0.956. The third-order valence-corrected chi connectivity index (χ3v) is 3.93. The highest BCUT2D eigenvalue weighted by Gasteiger charge is 2.11. The number of rotatable bonds is 8. The Morgan fingerprint density at radius 2 is 2.17 bits per heavy atom. The van der Waals surface area contributed by atoms with Crippen LogP contribution in [0.5, 0.6) is 11.5 Å². The number of carbonyl (C=O) groups excluding carboxylic acids is 1. The third-order valence-electron chi connectivity index (χ3n) is 3.29. The zero-order chi connectivity index (χ0) is 16.7. The van der Waals surface area contributed by atoms with E-state index < -0.39 is 0 Å². The molecule has 0 spiro atoms. The summed E-state index contributed by atoms with van der Waals surface area (Å²) in [6.45, 7) is 5.30. The summed E-state index contributed by atoms with van der Waals surface area (Å²) in [7, 11) is 1.56. The van der Waals surface area contributed by atoms with Gasteiger partial charge in [-0.25, -0.2) is 4.98 Å². The van der Waals surface area contributed by atoms with Crippen LogP contribution in [0.4, 0.5) is 0 Å². The Balaban J connectivity index is 1.99. The predicted molar refractivity (Wildman–Crippen MR) is 91.2 cm³/mol. The van der Waals surface area contributed by atoms with Crippen molar-refractivity contribution in [2.24, 2.45) is 5.92 Å². The smallest absolute Gasteiger partial charge is 0.251 e. The second kappa shape index (κ2) is 8.53. The SMILES string of the molecule is COc1cc(C(=O)NCCC(C)C)ccc1OCc1cscn1. The van der Waals surface area contributed by atoms with Gasteiger partial charge in [-0.05, 0) is 30.5 Å². The number of thiazole rings is 1. The summed E-state index contributed by atoms with van der Waals surface area (Å²) in [4.78, 5) is 16.3. The molecule has 1 aromatic carbocycles. The van der Waals surface area contributed by atoms with Crippen molar-refractivity contribution in [3.05, 3.63) is 40.3 Å². The van der Waals surface area contributed by atoms with Crippen molar-refractivity contribution in [2.75, 3.05) is 13.7 Å². The summed E-state index contributed by atoms with van der Waals surface area (Å²) >= 11 is 1.53. The summed E-state index contributed by atoms with van der Waals surface area (Å²) < 4.78 is 11.0. The van der Waals surface area contributed by atoms with Crippen molar-refractivity contribution in [3.63, 3.8) is 0 Å². The van der Waals surface area contributed by atoms with Crippen LogP contribution in [0.3, 0.4) is 0 Å². The van der Waals surface area contributed by atoms with Gasteiger partial charge in [-0.3, -0.25) is 4.79 Å². The van der Waals surface area contributed by atoms with Gasteiger partial charge in [0.1, 0.15) is 6.61 Å². The van der Waals surface area contributed by atoms with E-state index in [-0.39, 0.29) is 5.91 Å². The molecule has 0 atom stereocenters. The van der Waals surface area contributed by atoms with E-state index in [0.29, 0.717) is 36.1 Å². The van der Waals surface area contributed by atoms with Crippen molar-refractivity contribution < 1.29 is 14.3 Å². The van der Waals surface area contributed by atoms with Crippen molar-refractivity contribution in [3.8, 4) is 11.5 Å². The fourth-order valence-electron chi connectivity index (χ4n) is 1.97. The van der Waals surface area contributed by atoms with Crippen LogP contribution in [-0.2, 0) is 6.61 Å². The van der Waals surface area contributed by atoms with E-state index >= 15 is 0 Å². The average molecular weight is 334 g/mol. The monoisotopic (exact) mass is 334 g/mol. The molecule has 0 saturated heterocycles. The zero-order valence-electron chi connectivity index (χ0n) is 13.7. The lowest BCUT2D eigenvalue weighted by atomic mass is 10.1. The van der Waals surface area contributed by atoms with Gasteiger partial charge in [-0.2, -0.15) is 0 Å². The van der Waals surface area contributed by atoms with Crippen molar-refractivity contribution in [2.45, 2.75) is 26.9 Å². The number of aromatic nitrogens is 1. The van der Waals surface area contributed by atoms with Crippen LogP contribution in [0.1, 0.15) is 36.3 Å². The summed E-state index contributed by atoms with van der Waals surface area (Å²) in [5, 5.41) is 4.85. The summed E-state index contributed by atoms with van der Waals surface area (Å²) in [5.74, 6) is 1.59. The number of ether oxygens (including phenoxy) is 2. The van der Waals surface area contributed by atoms with E-state index in [1.807, 2.05) is 5.38 Å². The molecule has 2 rings (SSSR count). The first-order valence-corrected chi connectivity index (χ1v) is 8.50. The molecule has 0 radical (unpaired) electrons. The Morgan fingerprint density at radius 3 is 2.83 bits per heavy atom.